The molecule has 1 aliphatic heterocycles. The summed E-state index contributed by atoms with van der Waals surface area (Å²) in [6, 6.07) is 24.2. The van der Waals surface area contributed by atoms with Crippen LogP contribution in [-0.2, 0) is 0 Å². The average molecular weight is 453 g/mol. The number of urea groups is 1. The van der Waals surface area contributed by atoms with Crippen molar-refractivity contribution in [2.24, 2.45) is 0 Å². The van der Waals surface area contributed by atoms with Crippen molar-refractivity contribution in [3.05, 3.63) is 84.2 Å². The van der Waals surface area contributed by atoms with Gasteiger partial charge in [0.2, 0.25) is 0 Å². The van der Waals surface area contributed by atoms with E-state index in [0.29, 0.717) is 32.0 Å². The number of hydrogen-bond donors (Lipinski definition) is 2. The minimum absolute atomic E-state index is 0.0736. The van der Waals surface area contributed by atoms with Crippen LogP contribution in [0.3, 0.4) is 0 Å². The lowest BCUT2D eigenvalue weighted by atomic mass is 10.1. The van der Waals surface area contributed by atoms with Crippen LogP contribution in [0, 0.1) is 13.8 Å². The second kappa shape index (κ2) is 9.39. The first-order chi connectivity index (χ1) is 16.5. The van der Waals surface area contributed by atoms with Crippen LogP contribution in [0.1, 0.15) is 11.4 Å². The SMILES string of the molecule is Cc1ccc(Nc2cc(N3CCN(C(=O)Nc4ccc5ccccc5c4)CC3)nc(C)n2)cc1. The number of amides is 2. The van der Waals surface area contributed by atoms with E-state index >= 15 is 0 Å². The van der Waals surface area contributed by atoms with Crippen LogP contribution in [0.4, 0.5) is 27.8 Å². The minimum Gasteiger partial charge on any atom is -0.353 e. The molecule has 5 rings (SSSR count). The summed E-state index contributed by atoms with van der Waals surface area (Å²) in [5, 5.41) is 8.68. The van der Waals surface area contributed by atoms with E-state index in [1.807, 2.05) is 60.4 Å². The Labute approximate surface area is 199 Å². The van der Waals surface area contributed by atoms with E-state index in [9.17, 15) is 4.79 Å². The highest BCUT2D eigenvalue weighted by molar-refractivity contribution is 5.93. The van der Waals surface area contributed by atoms with Gasteiger partial charge in [-0.1, -0.05) is 48.0 Å². The molecule has 7 nitrogen and oxygen atoms in total. The number of rotatable bonds is 4. The molecule has 1 saturated heterocycles. The second-order valence-electron chi connectivity index (χ2n) is 8.62. The summed E-state index contributed by atoms with van der Waals surface area (Å²) in [4.78, 5) is 26.1. The summed E-state index contributed by atoms with van der Waals surface area (Å²) in [6.45, 7) is 6.65. The number of aromatic nitrogens is 2. The quantitative estimate of drug-likeness (QED) is 0.437. The van der Waals surface area contributed by atoms with E-state index in [0.717, 1.165) is 33.8 Å². The summed E-state index contributed by atoms with van der Waals surface area (Å²) in [5.41, 5.74) is 3.02. The first-order valence-corrected chi connectivity index (χ1v) is 11.5. The van der Waals surface area contributed by atoms with E-state index in [2.05, 4.69) is 56.7 Å². The highest BCUT2D eigenvalue weighted by Crippen LogP contribution is 2.22. The Morgan fingerprint density at radius 3 is 2.26 bits per heavy atom. The fourth-order valence-corrected chi connectivity index (χ4v) is 4.17. The van der Waals surface area contributed by atoms with Crippen molar-refractivity contribution >= 4 is 39.8 Å². The molecule has 7 heteroatoms. The normalized spacial score (nSPS) is 13.7. The van der Waals surface area contributed by atoms with E-state index < -0.39 is 0 Å². The Morgan fingerprint density at radius 2 is 1.50 bits per heavy atom. The van der Waals surface area contributed by atoms with Gasteiger partial charge in [-0.25, -0.2) is 14.8 Å². The van der Waals surface area contributed by atoms with Gasteiger partial charge in [0.05, 0.1) is 0 Å². The van der Waals surface area contributed by atoms with Crippen LogP contribution in [0.15, 0.2) is 72.8 Å². The highest BCUT2D eigenvalue weighted by atomic mass is 16.2. The van der Waals surface area contributed by atoms with Crippen molar-refractivity contribution in [2.45, 2.75) is 13.8 Å². The van der Waals surface area contributed by atoms with E-state index in [4.69, 9.17) is 0 Å². The van der Waals surface area contributed by atoms with E-state index in [1.165, 1.54) is 5.56 Å². The number of carbonyl (C=O) groups excluding carboxylic acids is 1. The van der Waals surface area contributed by atoms with Gasteiger partial charge in [0.1, 0.15) is 17.5 Å². The lowest BCUT2D eigenvalue weighted by molar-refractivity contribution is 0.208. The van der Waals surface area contributed by atoms with Crippen LogP contribution < -0.4 is 15.5 Å². The number of hydrogen-bond acceptors (Lipinski definition) is 5. The summed E-state index contributed by atoms with van der Waals surface area (Å²) in [7, 11) is 0. The Kier molecular flexibility index (Phi) is 5.99. The molecular weight excluding hydrogens is 424 g/mol. The number of carbonyl (C=O) groups is 1. The van der Waals surface area contributed by atoms with Crippen LogP contribution in [-0.4, -0.2) is 47.1 Å². The van der Waals surface area contributed by atoms with Crippen molar-refractivity contribution in [1.82, 2.24) is 14.9 Å². The fourth-order valence-electron chi connectivity index (χ4n) is 4.17. The molecule has 0 spiro atoms. The molecule has 0 aliphatic carbocycles. The van der Waals surface area contributed by atoms with Crippen LogP contribution in [0.25, 0.3) is 10.8 Å². The predicted molar refractivity (Wildman–Crippen MR) is 138 cm³/mol. The molecule has 34 heavy (non-hydrogen) atoms. The minimum atomic E-state index is -0.0736. The number of fused-ring (bicyclic) bond motifs is 1. The van der Waals surface area contributed by atoms with Crippen molar-refractivity contribution in [3.8, 4) is 0 Å². The Balaban J connectivity index is 1.21. The van der Waals surface area contributed by atoms with Gasteiger partial charge >= 0.3 is 6.03 Å². The monoisotopic (exact) mass is 452 g/mol. The molecule has 4 aromatic rings. The molecule has 0 atom stereocenters. The third-order valence-corrected chi connectivity index (χ3v) is 6.04. The zero-order valence-electron chi connectivity index (χ0n) is 19.5. The maximum atomic E-state index is 12.8. The van der Waals surface area contributed by atoms with Gasteiger partial charge in [-0.3, -0.25) is 0 Å². The van der Waals surface area contributed by atoms with Crippen LogP contribution >= 0.6 is 0 Å². The maximum absolute atomic E-state index is 12.8. The third-order valence-electron chi connectivity index (χ3n) is 6.04. The number of piperazine rings is 1. The van der Waals surface area contributed by atoms with Gasteiger partial charge in [0, 0.05) is 43.6 Å². The molecule has 1 aliphatic rings. The summed E-state index contributed by atoms with van der Waals surface area (Å²) >= 11 is 0. The molecule has 0 radical (unpaired) electrons. The second-order valence-corrected chi connectivity index (χ2v) is 8.62. The van der Waals surface area contributed by atoms with Crippen molar-refractivity contribution in [2.75, 3.05) is 41.7 Å². The highest BCUT2D eigenvalue weighted by Gasteiger charge is 2.22. The number of aryl methyl sites for hydroxylation is 2. The molecular formula is C27H28N6O. The molecule has 1 fully saturated rings. The van der Waals surface area contributed by atoms with Crippen LogP contribution in [0.2, 0.25) is 0 Å². The standard InChI is InChI=1S/C27H28N6O/c1-19-7-10-23(11-8-19)30-25-18-26(29-20(2)28-25)32-13-15-33(16-14-32)27(34)31-24-12-9-21-5-3-4-6-22(21)17-24/h3-12,17-18H,13-16H2,1-2H3,(H,31,34)(H,28,29,30). The topological polar surface area (TPSA) is 73.4 Å². The fraction of sp³-hybridized carbons (Fsp3) is 0.222. The summed E-state index contributed by atoms with van der Waals surface area (Å²) in [6.07, 6.45) is 0. The van der Waals surface area contributed by atoms with Gasteiger partial charge in [-0.15, -0.1) is 0 Å². The molecule has 0 saturated carbocycles. The van der Waals surface area contributed by atoms with Crippen LogP contribution in [0.5, 0.6) is 0 Å². The smallest absolute Gasteiger partial charge is 0.321 e. The zero-order chi connectivity index (χ0) is 23.5. The Hall–Kier alpha value is -4.13. The summed E-state index contributed by atoms with van der Waals surface area (Å²) < 4.78 is 0. The third kappa shape index (κ3) is 4.93. The molecule has 0 bridgehead atoms. The van der Waals surface area contributed by atoms with Gasteiger partial charge < -0.3 is 20.4 Å². The molecule has 2 heterocycles. The molecule has 2 amide bonds. The molecule has 172 valence electrons. The largest absolute Gasteiger partial charge is 0.353 e. The predicted octanol–water partition coefficient (Wildman–Crippen LogP) is 5.34. The maximum Gasteiger partial charge on any atom is 0.321 e. The summed E-state index contributed by atoms with van der Waals surface area (Å²) in [5.74, 6) is 2.35. The zero-order valence-corrected chi connectivity index (χ0v) is 19.5. The first-order valence-electron chi connectivity index (χ1n) is 11.5. The van der Waals surface area contributed by atoms with E-state index in [-0.39, 0.29) is 6.03 Å². The van der Waals surface area contributed by atoms with Gasteiger partial charge in [-0.05, 0) is 48.9 Å². The number of nitrogens with zero attached hydrogens (tertiary/aromatic N) is 4. The van der Waals surface area contributed by atoms with Gasteiger partial charge in [0.15, 0.2) is 0 Å². The molecule has 3 aromatic carbocycles. The average Bonchev–Trinajstić information content (AvgIpc) is 2.85. The van der Waals surface area contributed by atoms with Crippen molar-refractivity contribution in [3.63, 3.8) is 0 Å². The van der Waals surface area contributed by atoms with Crippen molar-refractivity contribution < 1.29 is 4.79 Å². The Bertz CT molecular complexity index is 1310. The number of benzene rings is 3. The van der Waals surface area contributed by atoms with Gasteiger partial charge in [0.25, 0.3) is 0 Å². The van der Waals surface area contributed by atoms with Gasteiger partial charge in [-0.2, -0.15) is 0 Å². The molecule has 1 aromatic heterocycles. The molecule has 0 unspecified atom stereocenters. The Morgan fingerprint density at radius 1 is 0.794 bits per heavy atom. The van der Waals surface area contributed by atoms with E-state index in [1.54, 1.807) is 0 Å². The number of anilines is 4. The first kappa shape index (κ1) is 21.7. The number of nitrogens with one attached hydrogen (secondary N) is 2. The molecule has 2 N–H and O–H groups in total. The lowest BCUT2D eigenvalue weighted by Gasteiger charge is -2.35. The lowest BCUT2D eigenvalue weighted by Crippen LogP contribution is -2.50. The van der Waals surface area contributed by atoms with Crippen molar-refractivity contribution in [1.29, 1.82) is 0 Å².